The Balaban J connectivity index is 1.90. The van der Waals surface area contributed by atoms with E-state index in [-0.39, 0.29) is 0 Å². The van der Waals surface area contributed by atoms with Crippen LogP contribution in [0.25, 0.3) is 5.69 Å². The van der Waals surface area contributed by atoms with Gasteiger partial charge in [0.1, 0.15) is 0 Å². The summed E-state index contributed by atoms with van der Waals surface area (Å²) in [7, 11) is 0. The first kappa shape index (κ1) is 11.6. The summed E-state index contributed by atoms with van der Waals surface area (Å²) in [6.45, 7) is 2.65. The van der Waals surface area contributed by atoms with Gasteiger partial charge in [0.2, 0.25) is 0 Å². The molecule has 94 valence electrons. The van der Waals surface area contributed by atoms with E-state index in [2.05, 4.69) is 20.8 Å². The summed E-state index contributed by atoms with van der Waals surface area (Å²) in [4.78, 5) is 0. The minimum atomic E-state index is 0.635. The van der Waals surface area contributed by atoms with E-state index in [0.29, 0.717) is 12.6 Å². The maximum Gasteiger partial charge on any atom is 0.170 e. The van der Waals surface area contributed by atoms with Crippen LogP contribution in [-0.4, -0.2) is 26.2 Å². The molecule has 18 heavy (non-hydrogen) atoms. The van der Waals surface area contributed by atoms with Crippen molar-refractivity contribution >= 4 is 11.6 Å². The van der Waals surface area contributed by atoms with Gasteiger partial charge >= 0.3 is 0 Å². The maximum absolute atomic E-state index is 6.12. The minimum absolute atomic E-state index is 0.635. The quantitative estimate of drug-likeness (QED) is 0.915. The standard InChI is InChI=1S/C12H14ClN5/c1-8-10(13)3-2-4-11(8)18-12(15-16-17-18)7-14-9-5-6-9/h2-4,9,14H,5-7H2,1H3. The summed E-state index contributed by atoms with van der Waals surface area (Å²) < 4.78 is 1.75. The van der Waals surface area contributed by atoms with Crippen LogP contribution in [0.3, 0.4) is 0 Å². The first-order valence-electron chi connectivity index (χ1n) is 6.02. The van der Waals surface area contributed by atoms with E-state index in [1.54, 1.807) is 4.68 Å². The number of rotatable bonds is 4. The van der Waals surface area contributed by atoms with Crippen LogP contribution >= 0.6 is 11.6 Å². The third-order valence-electron chi connectivity index (χ3n) is 3.13. The molecule has 1 N–H and O–H groups in total. The van der Waals surface area contributed by atoms with Crippen molar-refractivity contribution in [1.82, 2.24) is 25.5 Å². The molecule has 0 unspecified atom stereocenters. The van der Waals surface area contributed by atoms with E-state index in [1.165, 1.54) is 12.8 Å². The van der Waals surface area contributed by atoms with Crippen LogP contribution in [0.15, 0.2) is 18.2 Å². The van der Waals surface area contributed by atoms with E-state index in [0.717, 1.165) is 22.1 Å². The number of benzene rings is 1. The number of tetrazole rings is 1. The highest BCUT2D eigenvalue weighted by Crippen LogP contribution is 2.23. The van der Waals surface area contributed by atoms with Crippen molar-refractivity contribution in [2.75, 3.05) is 0 Å². The predicted molar refractivity (Wildman–Crippen MR) is 68.8 cm³/mol. The van der Waals surface area contributed by atoms with Gasteiger partial charge in [-0.1, -0.05) is 17.7 Å². The molecule has 1 aliphatic carbocycles. The van der Waals surface area contributed by atoms with Crippen molar-refractivity contribution in [3.63, 3.8) is 0 Å². The lowest BCUT2D eigenvalue weighted by Gasteiger charge is -2.09. The van der Waals surface area contributed by atoms with Gasteiger partial charge in [0, 0.05) is 11.1 Å². The van der Waals surface area contributed by atoms with E-state index in [9.17, 15) is 0 Å². The zero-order valence-corrected chi connectivity index (χ0v) is 10.9. The Labute approximate surface area is 110 Å². The van der Waals surface area contributed by atoms with Crippen molar-refractivity contribution in [2.45, 2.75) is 32.4 Å². The molecule has 1 heterocycles. The Kier molecular flexibility index (Phi) is 3.01. The highest BCUT2D eigenvalue weighted by atomic mass is 35.5. The lowest BCUT2D eigenvalue weighted by molar-refractivity contribution is 0.637. The number of nitrogens with zero attached hydrogens (tertiary/aromatic N) is 4. The largest absolute Gasteiger partial charge is 0.307 e. The smallest absolute Gasteiger partial charge is 0.170 e. The van der Waals surface area contributed by atoms with Crippen molar-refractivity contribution in [2.24, 2.45) is 0 Å². The molecule has 1 aromatic carbocycles. The van der Waals surface area contributed by atoms with Crippen LogP contribution in [0, 0.1) is 6.92 Å². The molecule has 6 heteroatoms. The molecule has 1 saturated carbocycles. The third-order valence-corrected chi connectivity index (χ3v) is 3.54. The molecule has 0 spiro atoms. The Morgan fingerprint density at radius 1 is 1.44 bits per heavy atom. The minimum Gasteiger partial charge on any atom is -0.307 e. The second-order valence-corrected chi connectivity index (χ2v) is 4.95. The Morgan fingerprint density at radius 3 is 3.06 bits per heavy atom. The normalized spacial score (nSPS) is 15.0. The van der Waals surface area contributed by atoms with Crippen LogP contribution in [0.4, 0.5) is 0 Å². The van der Waals surface area contributed by atoms with Crippen LogP contribution in [0.5, 0.6) is 0 Å². The molecule has 0 saturated heterocycles. The lowest BCUT2D eigenvalue weighted by Crippen LogP contribution is -2.19. The highest BCUT2D eigenvalue weighted by molar-refractivity contribution is 6.31. The molecule has 0 amide bonds. The van der Waals surface area contributed by atoms with Crippen LogP contribution in [0.1, 0.15) is 24.2 Å². The highest BCUT2D eigenvalue weighted by Gasteiger charge is 2.21. The molecule has 0 aliphatic heterocycles. The summed E-state index contributed by atoms with van der Waals surface area (Å²) in [5.41, 5.74) is 1.92. The molecule has 1 aromatic heterocycles. The molecule has 1 fully saturated rings. The van der Waals surface area contributed by atoms with Crippen molar-refractivity contribution < 1.29 is 0 Å². The fourth-order valence-electron chi connectivity index (χ4n) is 1.85. The van der Waals surface area contributed by atoms with E-state index < -0.39 is 0 Å². The molecule has 5 nitrogen and oxygen atoms in total. The molecule has 2 aromatic rings. The molecule has 0 atom stereocenters. The third kappa shape index (κ3) is 2.23. The average Bonchev–Trinajstić information content (AvgIpc) is 3.08. The lowest BCUT2D eigenvalue weighted by atomic mass is 10.2. The number of hydrogen-bond acceptors (Lipinski definition) is 4. The van der Waals surface area contributed by atoms with E-state index in [4.69, 9.17) is 11.6 Å². The SMILES string of the molecule is Cc1c(Cl)cccc1-n1nnnc1CNC1CC1. The number of halogens is 1. The molecular formula is C12H14ClN5. The van der Waals surface area contributed by atoms with Crippen molar-refractivity contribution in [3.05, 3.63) is 34.6 Å². The van der Waals surface area contributed by atoms with Gasteiger partial charge in [0.15, 0.2) is 5.82 Å². The molecular weight excluding hydrogens is 250 g/mol. The van der Waals surface area contributed by atoms with E-state index >= 15 is 0 Å². The Morgan fingerprint density at radius 2 is 2.28 bits per heavy atom. The van der Waals surface area contributed by atoms with Crippen molar-refractivity contribution in [1.29, 1.82) is 0 Å². The Hall–Kier alpha value is -1.46. The maximum atomic E-state index is 6.12. The summed E-state index contributed by atoms with van der Waals surface area (Å²) in [5.74, 6) is 0.812. The number of aromatic nitrogens is 4. The van der Waals surface area contributed by atoms with Gasteiger partial charge in [0.05, 0.1) is 12.2 Å². The monoisotopic (exact) mass is 263 g/mol. The molecule has 1 aliphatic rings. The van der Waals surface area contributed by atoms with Gasteiger partial charge in [-0.25, -0.2) is 0 Å². The first-order valence-corrected chi connectivity index (χ1v) is 6.39. The van der Waals surface area contributed by atoms with Gasteiger partial charge in [-0.15, -0.1) is 5.10 Å². The molecule has 0 radical (unpaired) electrons. The first-order chi connectivity index (χ1) is 8.75. The topological polar surface area (TPSA) is 55.6 Å². The van der Waals surface area contributed by atoms with E-state index in [1.807, 2.05) is 25.1 Å². The predicted octanol–water partition coefficient (Wildman–Crippen LogP) is 1.88. The number of hydrogen-bond donors (Lipinski definition) is 1. The average molecular weight is 264 g/mol. The summed E-state index contributed by atoms with van der Waals surface area (Å²) in [6, 6.07) is 6.38. The number of nitrogens with one attached hydrogen (secondary N) is 1. The fraction of sp³-hybridized carbons (Fsp3) is 0.417. The zero-order valence-electron chi connectivity index (χ0n) is 10.1. The zero-order chi connectivity index (χ0) is 12.5. The van der Waals surface area contributed by atoms with Crippen LogP contribution in [-0.2, 0) is 6.54 Å². The van der Waals surface area contributed by atoms with Gasteiger partial charge in [-0.2, -0.15) is 4.68 Å². The molecule has 3 rings (SSSR count). The van der Waals surface area contributed by atoms with Gasteiger partial charge in [-0.3, -0.25) is 0 Å². The van der Waals surface area contributed by atoms with Crippen LogP contribution < -0.4 is 5.32 Å². The summed E-state index contributed by atoms with van der Waals surface area (Å²) in [5, 5.41) is 16.0. The van der Waals surface area contributed by atoms with Crippen molar-refractivity contribution in [3.8, 4) is 5.69 Å². The van der Waals surface area contributed by atoms with Gasteiger partial charge in [0.25, 0.3) is 0 Å². The van der Waals surface area contributed by atoms with Gasteiger partial charge < -0.3 is 5.32 Å². The second kappa shape index (κ2) is 4.66. The molecule has 0 bridgehead atoms. The summed E-state index contributed by atoms with van der Waals surface area (Å²) in [6.07, 6.45) is 2.50. The van der Waals surface area contributed by atoms with Gasteiger partial charge in [-0.05, 0) is 47.9 Å². The van der Waals surface area contributed by atoms with Crippen LogP contribution in [0.2, 0.25) is 5.02 Å². The summed E-state index contributed by atoms with van der Waals surface area (Å²) >= 11 is 6.12. The second-order valence-electron chi connectivity index (χ2n) is 4.55. The Bertz CT molecular complexity index is 561. The fourth-order valence-corrected chi connectivity index (χ4v) is 2.02.